The Balaban J connectivity index is 1.29. The van der Waals surface area contributed by atoms with Crippen LogP contribution in [0, 0.1) is 6.92 Å². The number of benzene rings is 3. The summed E-state index contributed by atoms with van der Waals surface area (Å²) in [7, 11) is 0. The number of para-hydroxylation sites is 1. The average molecular weight is 513 g/mol. The predicted molar refractivity (Wildman–Crippen MR) is 140 cm³/mol. The van der Waals surface area contributed by atoms with Gasteiger partial charge in [-0.25, -0.2) is 9.48 Å². The maximum Gasteiger partial charge on any atom is 0.335 e. The van der Waals surface area contributed by atoms with Crippen molar-refractivity contribution >= 4 is 23.4 Å². The Labute approximate surface area is 219 Å². The predicted octanol–water partition coefficient (Wildman–Crippen LogP) is 6.32. The molecule has 37 heavy (non-hydrogen) atoms. The van der Waals surface area contributed by atoms with E-state index in [-0.39, 0.29) is 11.3 Å². The van der Waals surface area contributed by atoms with E-state index in [4.69, 9.17) is 16.3 Å². The molecule has 0 radical (unpaired) electrons. The summed E-state index contributed by atoms with van der Waals surface area (Å²) in [5.74, 6) is 0.0851. The van der Waals surface area contributed by atoms with Gasteiger partial charge < -0.3 is 9.84 Å². The maximum atomic E-state index is 13.2. The van der Waals surface area contributed by atoms with Gasteiger partial charge >= 0.3 is 5.97 Å². The quantitative estimate of drug-likeness (QED) is 0.327. The number of carboxylic acid groups (broad SMARTS) is 1. The second kappa shape index (κ2) is 9.20. The molecular formula is C30H25ClN2O4. The highest BCUT2D eigenvalue weighted by atomic mass is 35.5. The summed E-state index contributed by atoms with van der Waals surface area (Å²) in [6.45, 7) is 2.34. The fourth-order valence-electron chi connectivity index (χ4n) is 5.16. The number of hydrogen-bond acceptors (Lipinski definition) is 4. The van der Waals surface area contributed by atoms with E-state index in [1.165, 1.54) is 11.6 Å². The lowest BCUT2D eigenvalue weighted by molar-refractivity contribution is 0.0696. The summed E-state index contributed by atoms with van der Waals surface area (Å²) in [6, 6.07) is 16.1. The van der Waals surface area contributed by atoms with Crippen LogP contribution in [0.4, 0.5) is 0 Å². The maximum absolute atomic E-state index is 13.2. The van der Waals surface area contributed by atoms with Gasteiger partial charge in [-0.05, 0) is 97.7 Å². The number of nitrogens with zero attached hydrogens (tertiary/aromatic N) is 2. The first kappa shape index (κ1) is 23.5. The van der Waals surface area contributed by atoms with Gasteiger partial charge in [0.25, 0.3) is 0 Å². The molecule has 1 fully saturated rings. The van der Waals surface area contributed by atoms with Crippen LogP contribution in [0.25, 0.3) is 5.69 Å². The molecule has 2 aliphatic rings. The van der Waals surface area contributed by atoms with Crippen molar-refractivity contribution in [2.75, 3.05) is 0 Å². The Bertz CT molecular complexity index is 1550. The molecule has 3 aromatic carbocycles. The lowest BCUT2D eigenvalue weighted by Gasteiger charge is -2.15. The van der Waals surface area contributed by atoms with Crippen molar-refractivity contribution in [3.8, 4) is 11.4 Å². The van der Waals surface area contributed by atoms with Gasteiger partial charge in [0.05, 0.1) is 28.2 Å². The van der Waals surface area contributed by atoms with Crippen molar-refractivity contribution in [2.24, 2.45) is 0 Å². The van der Waals surface area contributed by atoms with E-state index in [1.54, 1.807) is 12.1 Å². The number of hydrogen-bond donors (Lipinski definition) is 1. The highest BCUT2D eigenvalue weighted by Gasteiger charge is 2.30. The van der Waals surface area contributed by atoms with E-state index < -0.39 is 5.97 Å². The number of ketones is 1. The minimum atomic E-state index is -0.996. The number of carbonyl (C=O) groups excluding carboxylic acids is 1. The fourth-order valence-corrected chi connectivity index (χ4v) is 5.46. The number of aryl methyl sites for hydroxylation is 3. The highest BCUT2D eigenvalue weighted by Crippen LogP contribution is 2.43. The average Bonchev–Trinajstić information content (AvgIpc) is 3.67. The number of halogens is 1. The second-order valence-electron chi connectivity index (χ2n) is 9.75. The molecule has 186 valence electrons. The summed E-state index contributed by atoms with van der Waals surface area (Å²) in [4.78, 5) is 24.6. The van der Waals surface area contributed by atoms with E-state index in [9.17, 15) is 14.7 Å². The topological polar surface area (TPSA) is 81.4 Å². The number of carboxylic acids is 1. The van der Waals surface area contributed by atoms with Crippen molar-refractivity contribution in [1.29, 1.82) is 0 Å². The van der Waals surface area contributed by atoms with Crippen LogP contribution in [-0.2, 0) is 19.4 Å². The lowest BCUT2D eigenvalue weighted by Crippen LogP contribution is -2.10. The van der Waals surface area contributed by atoms with Crippen molar-refractivity contribution < 1.29 is 19.4 Å². The highest BCUT2D eigenvalue weighted by molar-refractivity contribution is 6.32. The number of fused-ring (bicyclic) bond motifs is 2. The van der Waals surface area contributed by atoms with Crippen LogP contribution < -0.4 is 4.74 Å². The van der Waals surface area contributed by atoms with Gasteiger partial charge in [0.15, 0.2) is 5.78 Å². The van der Waals surface area contributed by atoms with Crippen LogP contribution in [0.2, 0.25) is 5.02 Å². The summed E-state index contributed by atoms with van der Waals surface area (Å²) in [6.07, 6.45) is 5.43. The molecule has 0 amide bonds. The summed E-state index contributed by atoms with van der Waals surface area (Å²) < 4.78 is 8.19. The largest absolute Gasteiger partial charge is 0.487 e. The lowest BCUT2D eigenvalue weighted by atomic mass is 9.97. The van der Waals surface area contributed by atoms with E-state index in [0.717, 1.165) is 40.9 Å². The van der Waals surface area contributed by atoms with E-state index in [0.29, 0.717) is 47.3 Å². The Kier molecular flexibility index (Phi) is 5.84. The third-order valence-electron chi connectivity index (χ3n) is 7.28. The Morgan fingerprint density at radius 2 is 1.81 bits per heavy atom. The molecule has 0 spiro atoms. The van der Waals surface area contributed by atoms with Crippen molar-refractivity contribution in [3.63, 3.8) is 0 Å². The molecule has 0 atom stereocenters. The number of carbonyl (C=O) groups is 2. The molecule has 1 saturated carbocycles. The van der Waals surface area contributed by atoms with Crippen LogP contribution in [0.15, 0.2) is 60.8 Å². The zero-order chi connectivity index (χ0) is 25.7. The molecule has 1 aromatic heterocycles. The van der Waals surface area contributed by atoms with Crippen molar-refractivity contribution in [1.82, 2.24) is 9.78 Å². The Morgan fingerprint density at radius 1 is 1.08 bits per heavy atom. The Hall–Kier alpha value is -3.90. The summed E-state index contributed by atoms with van der Waals surface area (Å²) in [5, 5.41) is 14.7. The first-order valence-corrected chi connectivity index (χ1v) is 12.8. The molecule has 4 aromatic rings. The van der Waals surface area contributed by atoms with Gasteiger partial charge in [0, 0.05) is 16.7 Å². The standard InChI is InChI=1S/C30H25ClN2O4/c1-17-3-2-4-26(31)28(17)33-27(25(15-32-33)18-5-6-18)16-37-22-10-12-24-20(14-22)8-7-19-13-21(30(35)36)9-11-23(19)29(24)34/h2-4,9-15,18H,5-8,16H2,1H3,(H,35,36). The minimum absolute atomic E-state index is 0.0886. The van der Waals surface area contributed by atoms with E-state index in [2.05, 4.69) is 5.10 Å². The third kappa shape index (κ3) is 4.31. The summed E-state index contributed by atoms with van der Waals surface area (Å²) >= 11 is 6.57. The minimum Gasteiger partial charge on any atom is -0.487 e. The molecule has 7 heteroatoms. The number of rotatable bonds is 6. The van der Waals surface area contributed by atoms with Crippen LogP contribution in [-0.4, -0.2) is 26.6 Å². The second-order valence-corrected chi connectivity index (χ2v) is 10.2. The van der Waals surface area contributed by atoms with Crippen LogP contribution >= 0.6 is 11.6 Å². The van der Waals surface area contributed by atoms with Gasteiger partial charge in [-0.2, -0.15) is 5.10 Å². The molecule has 0 saturated heterocycles. The van der Waals surface area contributed by atoms with Crippen molar-refractivity contribution in [3.05, 3.63) is 110 Å². The van der Waals surface area contributed by atoms with Crippen LogP contribution in [0.3, 0.4) is 0 Å². The van der Waals surface area contributed by atoms with Crippen LogP contribution in [0.1, 0.15) is 73.0 Å². The van der Waals surface area contributed by atoms with Gasteiger partial charge in [0.1, 0.15) is 12.4 Å². The van der Waals surface area contributed by atoms with Crippen molar-refractivity contribution in [2.45, 2.75) is 45.1 Å². The van der Waals surface area contributed by atoms with E-state index >= 15 is 0 Å². The molecule has 6 rings (SSSR count). The van der Waals surface area contributed by atoms with Gasteiger partial charge in [-0.15, -0.1) is 0 Å². The number of aromatic nitrogens is 2. The van der Waals surface area contributed by atoms with Gasteiger partial charge in [-0.3, -0.25) is 4.79 Å². The molecular weight excluding hydrogens is 488 g/mol. The molecule has 0 aliphatic heterocycles. The zero-order valence-electron chi connectivity index (χ0n) is 20.3. The normalized spacial score (nSPS) is 14.6. The molecule has 1 heterocycles. The van der Waals surface area contributed by atoms with Gasteiger partial charge in [0.2, 0.25) is 0 Å². The van der Waals surface area contributed by atoms with Gasteiger partial charge in [-0.1, -0.05) is 23.7 Å². The summed E-state index contributed by atoms with van der Waals surface area (Å²) in [5.41, 5.74) is 7.11. The smallest absolute Gasteiger partial charge is 0.335 e. The molecule has 2 aliphatic carbocycles. The number of aromatic carboxylic acids is 1. The third-order valence-corrected chi connectivity index (χ3v) is 7.58. The Morgan fingerprint density at radius 3 is 2.51 bits per heavy atom. The fraction of sp³-hybridized carbons (Fsp3) is 0.233. The first-order valence-electron chi connectivity index (χ1n) is 12.4. The zero-order valence-corrected chi connectivity index (χ0v) is 21.1. The van der Waals surface area contributed by atoms with Crippen LogP contribution in [0.5, 0.6) is 5.75 Å². The molecule has 6 nitrogen and oxygen atoms in total. The number of ether oxygens (including phenoxy) is 1. The first-order chi connectivity index (χ1) is 17.9. The monoisotopic (exact) mass is 512 g/mol. The molecule has 1 N–H and O–H groups in total. The molecule has 0 unspecified atom stereocenters. The van der Waals surface area contributed by atoms with E-state index in [1.807, 2.05) is 54.2 Å². The SMILES string of the molecule is Cc1cccc(Cl)c1-n1ncc(C2CC2)c1COc1ccc2c(c1)CCc1cc(C(=O)O)ccc1C2=O. The molecule has 0 bridgehead atoms.